The van der Waals surface area contributed by atoms with Gasteiger partial charge >= 0.3 is 0 Å². The van der Waals surface area contributed by atoms with Gasteiger partial charge in [0.25, 0.3) is 0 Å². The van der Waals surface area contributed by atoms with Gasteiger partial charge in [-0.3, -0.25) is 4.79 Å². The molecule has 1 heterocycles. The molecule has 1 aromatic heterocycles. The van der Waals surface area contributed by atoms with Crippen LogP contribution in [0.4, 0.5) is 0 Å². The van der Waals surface area contributed by atoms with Crippen LogP contribution in [0.25, 0.3) is 0 Å². The highest BCUT2D eigenvalue weighted by Crippen LogP contribution is 2.28. The van der Waals surface area contributed by atoms with Crippen molar-refractivity contribution < 1.29 is 4.79 Å². The predicted octanol–water partition coefficient (Wildman–Crippen LogP) is 5.29. The van der Waals surface area contributed by atoms with E-state index < -0.39 is 0 Å². The normalized spacial score (nSPS) is 13.3. The zero-order chi connectivity index (χ0) is 19.9. The van der Waals surface area contributed by atoms with E-state index in [0.29, 0.717) is 13.0 Å². The largest absolute Gasteiger partial charge is 0.356 e. The van der Waals surface area contributed by atoms with E-state index in [1.807, 2.05) is 47.7 Å². The summed E-state index contributed by atoms with van der Waals surface area (Å²) in [6.45, 7) is 0.708. The monoisotopic (exact) mass is 404 g/mol. The first-order chi connectivity index (χ1) is 14.3. The number of carbonyl (C=O) groups excluding carboxylic acids is 1. The van der Waals surface area contributed by atoms with Crippen LogP contribution in [0, 0.1) is 0 Å². The highest BCUT2D eigenvalue weighted by molar-refractivity contribution is 7.11. The number of hydrogen-bond donors (Lipinski definition) is 1. The maximum Gasteiger partial charge on any atom is 0.220 e. The Morgan fingerprint density at radius 3 is 2.28 bits per heavy atom. The third kappa shape index (κ3) is 5.33. The van der Waals surface area contributed by atoms with Crippen LogP contribution in [0.5, 0.6) is 0 Å². The summed E-state index contributed by atoms with van der Waals surface area (Å²) in [5.41, 5.74) is 3.69. The Bertz CT molecular complexity index is 858. The minimum atomic E-state index is 0.0862. The van der Waals surface area contributed by atoms with E-state index in [2.05, 4.69) is 29.6 Å². The van der Waals surface area contributed by atoms with Crippen LogP contribution in [-0.4, -0.2) is 17.4 Å². The van der Waals surface area contributed by atoms with Crippen molar-refractivity contribution in [3.8, 4) is 0 Å². The van der Waals surface area contributed by atoms with Gasteiger partial charge in [-0.2, -0.15) is 0 Å². The minimum Gasteiger partial charge on any atom is -0.356 e. The van der Waals surface area contributed by atoms with Crippen molar-refractivity contribution >= 4 is 17.2 Å². The molecule has 0 atom stereocenters. The molecule has 1 amide bonds. The molecule has 0 unspecified atom stereocenters. The van der Waals surface area contributed by atoms with E-state index in [1.165, 1.54) is 46.0 Å². The first-order valence-electron chi connectivity index (χ1n) is 10.6. The SMILES string of the molecule is O=C(CC(c1ccccc1)c1ccccc1)NCCCc1nc2c(s1)CCCC2. The lowest BCUT2D eigenvalue weighted by Gasteiger charge is -2.18. The van der Waals surface area contributed by atoms with Crippen LogP contribution in [0.15, 0.2) is 60.7 Å². The maximum atomic E-state index is 12.6. The van der Waals surface area contributed by atoms with E-state index in [9.17, 15) is 4.79 Å². The molecule has 150 valence electrons. The Morgan fingerprint density at radius 1 is 0.966 bits per heavy atom. The summed E-state index contributed by atoms with van der Waals surface area (Å²) in [5.74, 6) is 0.198. The number of benzene rings is 2. The average Bonchev–Trinajstić information content (AvgIpc) is 3.19. The number of carbonyl (C=O) groups is 1. The molecule has 0 aliphatic heterocycles. The van der Waals surface area contributed by atoms with E-state index in [1.54, 1.807) is 0 Å². The summed E-state index contributed by atoms with van der Waals surface area (Å²) in [5, 5.41) is 4.36. The van der Waals surface area contributed by atoms with Gasteiger partial charge in [0.2, 0.25) is 5.91 Å². The van der Waals surface area contributed by atoms with Gasteiger partial charge in [0.1, 0.15) is 0 Å². The molecule has 3 aromatic rings. The lowest BCUT2D eigenvalue weighted by atomic mass is 9.88. The summed E-state index contributed by atoms with van der Waals surface area (Å²) in [7, 11) is 0. The quantitative estimate of drug-likeness (QED) is 0.518. The number of nitrogens with one attached hydrogen (secondary N) is 1. The second-order valence-corrected chi connectivity index (χ2v) is 8.88. The Hall–Kier alpha value is -2.46. The van der Waals surface area contributed by atoms with Gasteiger partial charge in [-0.25, -0.2) is 4.98 Å². The first-order valence-corrected chi connectivity index (χ1v) is 11.5. The predicted molar refractivity (Wildman–Crippen MR) is 119 cm³/mol. The summed E-state index contributed by atoms with van der Waals surface area (Å²) < 4.78 is 0. The fourth-order valence-electron chi connectivity index (χ4n) is 4.04. The third-order valence-electron chi connectivity index (χ3n) is 5.57. The molecular weight excluding hydrogens is 376 g/mol. The molecule has 0 spiro atoms. The molecule has 0 fully saturated rings. The van der Waals surface area contributed by atoms with Gasteiger partial charge in [0.15, 0.2) is 0 Å². The van der Waals surface area contributed by atoms with Crippen LogP contribution in [-0.2, 0) is 24.1 Å². The van der Waals surface area contributed by atoms with Crippen molar-refractivity contribution in [3.05, 3.63) is 87.4 Å². The number of thiazole rings is 1. The standard InChI is InChI=1S/C25H28N2OS/c28-24(26-17-9-16-25-27-22-14-7-8-15-23(22)29-25)18-21(19-10-3-1-4-11-19)20-12-5-2-6-13-20/h1-6,10-13,21H,7-9,14-18H2,(H,26,28). The van der Waals surface area contributed by atoms with Gasteiger partial charge in [-0.1, -0.05) is 60.7 Å². The molecule has 0 radical (unpaired) electrons. The average molecular weight is 405 g/mol. The van der Waals surface area contributed by atoms with Crippen LogP contribution >= 0.6 is 11.3 Å². The van der Waals surface area contributed by atoms with Gasteiger partial charge in [-0.15, -0.1) is 11.3 Å². The Balaban J connectivity index is 1.30. The molecule has 0 saturated heterocycles. The van der Waals surface area contributed by atoms with Crippen LogP contribution < -0.4 is 5.32 Å². The van der Waals surface area contributed by atoms with E-state index in [4.69, 9.17) is 4.98 Å². The highest BCUT2D eigenvalue weighted by Gasteiger charge is 2.18. The molecule has 0 bridgehead atoms. The van der Waals surface area contributed by atoms with Gasteiger partial charge in [0.05, 0.1) is 10.7 Å². The summed E-state index contributed by atoms with van der Waals surface area (Å²) in [6, 6.07) is 20.6. The maximum absolute atomic E-state index is 12.6. The second kappa shape index (κ2) is 9.84. The number of fused-ring (bicyclic) bond motifs is 1. The fourth-order valence-corrected chi connectivity index (χ4v) is 5.23. The highest BCUT2D eigenvalue weighted by atomic mass is 32.1. The van der Waals surface area contributed by atoms with E-state index in [-0.39, 0.29) is 11.8 Å². The van der Waals surface area contributed by atoms with Gasteiger partial charge in [-0.05, 0) is 43.2 Å². The topological polar surface area (TPSA) is 42.0 Å². The zero-order valence-corrected chi connectivity index (χ0v) is 17.6. The number of hydrogen-bond acceptors (Lipinski definition) is 3. The number of rotatable bonds is 8. The Morgan fingerprint density at radius 2 is 1.62 bits per heavy atom. The van der Waals surface area contributed by atoms with E-state index >= 15 is 0 Å². The lowest BCUT2D eigenvalue weighted by molar-refractivity contribution is -0.121. The van der Waals surface area contributed by atoms with Crippen molar-refractivity contribution in [2.24, 2.45) is 0 Å². The molecule has 1 aliphatic carbocycles. The lowest BCUT2D eigenvalue weighted by Crippen LogP contribution is -2.26. The van der Waals surface area contributed by atoms with Gasteiger partial charge < -0.3 is 5.32 Å². The molecule has 29 heavy (non-hydrogen) atoms. The van der Waals surface area contributed by atoms with Gasteiger partial charge in [0, 0.05) is 30.2 Å². The summed E-state index contributed by atoms with van der Waals surface area (Å²) in [6.07, 6.45) is 7.29. The number of amides is 1. The molecule has 2 aromatic carbocycles. The van der Waals surface area contributed by atoms with Crippen molar-refractivity contribution in [1.82, 2.24) is 10.3 Å². The first kappa shape index (κ1) is 19.8. The van der Waals surface area contributed by atoms with Crippen molar-refractivity contribution in [3.63, 3.8) is 0 Å². The van der Waals surface area contributed by atoms with Crippen LogP contribution in [0.3, 0.4) is 0 Å². The Kier molecular flexibility index (Phi) is 6.73. The molecular formula is C25H28N2OS. The smallest absolute Gasteiger partial charge is 0.220 e. The fraction of sp³-hybridized carbons (Fsp3) is 0.360. The van der Waals surface area contributed by atoms with Crippen molar-refractivity contribution in [2.75, 3.05) is 6.54 Å². The molecule has 4 heteroatoms. The van der Waals surface area contributed by atoms with Crippen molar-refractivity contribution in [2.45, 2.75) is 50.9 Å². The molecule has 0 saturated carbocycles. The molecule has 1 N–H and O–H groups in total. The number of nitrogens with zero attached hydrogens (tertiary/aromatic N) is 1. The minimum absolute atomic E-state index is 0.0862. The van der Waals surface area contributed by atoms with Crippen LogP contribution in [0.2, 0.25) is 0 Å². The van der Waals surface area contributed by atoms with E-state index in [0.717, 1.165) is 19.3 Å². The van der Waals surface area contributed by atoms with Crippen molar-refractivity contribution in [1.29, 1.82) is 0 Å². The van der Waals surface area contributed by atoms with Crippen LogP contribution in [0.1, 0.15) is 58.3 Å². The zero-order valence-electron chi connectivity index (χ0n) is 16.8. The molecule has 4 rings (SSSR count). The number of aromatic nitrogens is 1. The summed E-state index contributed by atoms with van der Waals surface area (Å²) >= 11 is 1.88. The summed E-state index contributed by atoms with van der Waals surface area (Å²) in [4.78, 5) is 18.9. The molecule has 1 aliphatic rings. The second-order valence-electron chi connectivity index (χ2n) is 7.72. The number of aryl methyl sites for hydroxylation is 3. The molecule has 3 nitrogen and oxygen atoms in total. The Labute approximate surface area is 177 Å². The third-order valence-corrected chi connectivity index (χ3v) is 6.79.